The Labute approximate surface area is 132 Å². The minimum absolute atomic E-state index is 0.0656. The van der Waals surface area contributed by atoms with Crippen LogP contribution in [0.1, 0.15) is 6.92 Å². The number of benzene rings is 2. The molecule has 0 bridgehead atoms. The van der Waals surface area contributed by atoms with E-state index in [9.17, 15) is 4.79 Å². The number of nitrogens with zero attached hydrogens (tertiary/aromatic N) is 1. The predicted molar refractivity (Wildman–Crippen MR) is 88.9 cm³/mol. The maximum absolute atomic E-state index is 12.1. The molecule has 0 saturated heterocycles. The van der Waals surface area contributed by atoms with Gasteiger partial charge in [0.25, 0.3) is 0 Å². The smallest absolute Gasteiger partial charge is 0.410 e. The number of hydrogen-bond acceptors (Lipinski definition) is 3. The number of carbonyl (C=O) groups excluding carboxylic acids is 1. The molecule has 1 amide bonds. The molecule has 0 N–H and O–H groups in total. The summed E-state index contributed by atoms with van der Waals surface area (Å²) in [5, 5.41) is 1.70. The lowest BCUT2D eigenvalue weighted by atomic mass is 10.1. The summed E-state index contributed by atoms with van der Waals surface area (Å²) in [6, 6.07) is 13.4. The van der Waals surface area contributed by atoms with E-state index in [0.29, 0.717) is 5.75 Å². The highest BCUT2D eigenvalue weighted by Gasteiger charge is 2.22. The van der Waals surface area contributed by atoms with Crippen LogP contribution in [0.3, 0.4) is 0 Å². The van der Waals surface area contributed by atoms with E-state index in [2.05, 4.69) is 28.6 Å². The third kappa shape index (κ3) is 3.27. The molecule has 2 aromatic carbocycles. The molecular weight excluding hydrogens is 338 g/mol. The lowest BCUT2D eigenvalue weighted by Gasteiger charge is -2.25. The van der Waals surface area contributed by atoms with Crippen molar-refractivity contribution in [1.82, 2.24) is 4.90 Å². The van der Waals surface area contributed by atoms with Gasteiger partial charge in [0.05, 0.1) is 5.37 Å². The van der Waals surface area contributed by atoms with Crippen LogP contribution in [0.4, 0.5) is 4.79 Å². The van der Waals surface area contributed by atoms with Crippen LogP contribution in [0.2, 0.25) is 0 Å². The molecular formula is C15H16BrNO2S. The number of amides is 1. The van der Waals surface area contributed by atoms with Crippen molar-refractivity contribution < 1.29 is 9.53 Å². The summed E-state index contributed by atoms with van der Waals surface area (Å²) in [5.74, 6) is 0.558. The minimum Gasteiger partial charge on any atom is -0.410 e. The Morgan fingerprint density at radius 2 is 1.90 bits per heavy atom. The summed E-state index contributed by atoms with van der Waals surface area (Å²) in [4.78, 5) is 13.7. The van der Waals surface area contributed by atoms with Gasteiger partial charge in [-0.1, -0.05) is 52.3 Å². The number of carbonyl (C=O) groups is 1. The number of halogens is 1. The van der Waals surface area contributed by atoms with Gasteiger partial charge in [-0.15, -0.1) is 0 Å². The zero-order chi connectivity index (χ0) is 14.7. The Morgan fingerprint density at radius 1 is 1.25 bits per heavy atom. The molecule has 0 aliphatic heterocycles. The monoisotopic (exact) mass is 353 g/mol. The average molecular weight is 354 g/mol. The van der Waals surface area contributed by atoms with Crippen LogP contribution in [0.25, 0.3) is 10.8 Å². The van der Waals surface area contributed by atoms with Crippen LogP contribution < -0.4 is 4.74 Å². The summed E-state index contributed by atoms with van der Waals surface area (Å²) in [6.45, 7) is 1.93. The van der Waals surface area contributed by atoms with Gasteiger partial charge >= 0.3 is 6.09 Å². The SMILES string of the molecule is CC(Br)C(S)N(C)C(=O)Oc1cccc2ccccc12. The van der Waals surface area contributed by atoms with E-state index in [4.69, 9.17) is 4.74 Å². The lowest BCUT2D eigenvalue weighted by molar-refractivity contribution is 0.160. The van der Waals surface area contributed by atoms with Crippen LogP contribution in [0.5, 0.6) is 5.75 Å². The molecule has 2 aromatic rings. The maximum Gasteiger partial charge on any atom is 0.415 e. The van der Waals surface area contributed by atoms with E-state index in [1.54, 1.807) is 13.1 Å². The van der Waals surface area contributed by atoms with Gasteiger partial charge in [0.2, 0.25) is 0 Å². The summed E-state index contributed by atoms with van der Waals surface area (Å²) in [6.07, 6.45) is -0.423. The molecule has 20 heavy (non-hydrogen) atoms. The van der Waals surface area contributed by atoms with E-state index >= 15 is 0 Å². The lowest BCUT2D eigenvalue weighted by Crippen LogP contribution is -2.39. The number of fused-ring (bicyclic) bond motifs is 1. The Balaban J connectivity index is 2.22. The van der Waals surface area contributed by atoms with Crippen molar-refractivity contribution in [3.05, 3.63) is 42.5 Å². The Bertz CT molecular complexity index is 612. The molecule has 0 aliphatic rings. The van der Waals surface area contributed by atoms with E-state index in [1.807, 2.05) is 43.3 Å². The third-order valence-electron chi connectivity index (χ3n) is 3.04. The molecule has 3 nitrogen and oxygen atoms in total. The first kappa shape index (κ1) is 15.2. The highest BCUT2D eigenvalue weighted by molar-refractivity contribution is 9.09. The van der Waals surface area contributed by atoms with Crippen molar-refractivity contribution >= 4 is 45.4 Å². The average Bonchev–Trinajstić information content (AvgIpc) is 2.46. The second kappa shape index (κ2) is 6.50. The molecule has 0 heterocycles. The maximum atomic E-state index is 12.1. The molecule has 0 radical (unpaired) electrons. The molecule has 0 aromatic heterocycles. The number of rotatable bonds is 3. The minimum atomic E-state index is -0.423. The van der Waals surface area contributed by atoms with Crippen LogP contribution in [-0.4, -0.2) is 28.2 Å². The molecule has 5 heteroatoms. The fourth-order valence-corrected chi connectivity index (χ4v) is 2.32. The molecule has 0 spiro atoms. The summed E-state index contributed by atoms with van der Waals surface area (Å²) in [7, 11) is 1.67. The third-order valence-corrected chi connectivity index (χ3v) is 4.75. The van der Waals surface area contributed by atoms with Crippen molar-refractivity contribution in [2.24, 2.45) is 0 Å². The van der Waals surface area contributed by atoms with Gasteiger partial charge < -0.3 is 4.74 Å². The van der Waals surface area contributed by atoms with Gasteiger partial charge in [-0.3, -0.25) is 4.90 Å². The summed E-state index contributed by atoms with van der Waals surface area (Å²) >= 11 is 7.79. The number of thiol groups is 1. The fourth-order valence-electron chi connectivity index (χ4n) is 1.87. The van der Waals surface area contributed by atoms with Crippen molar-refractivity contribution in [1.29, 1.82) is 0 Å². The molecule has 0 fully saturated rings. The first-order chi connectivity index (χ1) is 9.50. The molecule has 0 aliphatic carbocycles. The normalized spacial score (nSPS) is 13.8. The largest absolute Gasteiger partial charge is 0.415 e. The number of hydrogen-bond donors (Lipinski definition) is 1. The van der Waals surface area contributed by atoms with Crippen LogP contribution in [0.15, 0.2) is 42.5 Å². The molecule has 0 saturated carbocycles. The quantitative estimate of drug-likeness (QED) is 0.506. The predicted octanol–water partition coefficient (Wildman–Crippen LogP) is 4.31. The molecule has 2 unspecified atom stereocenters. The van der Waals surface area contributed by atoms with Gasteiger partial charge in [0.1, 0.15) is 5.75 Å². The number of alkyl halides is 1. The molecule has 106 valence electrons. The van der Waals surface area contributed by atoms with Gasteiger partial charge in [-0.2, -0.15) is 12.6 Å². The Hall–Kier alpha value is -1.20. The zero-order valence-corrected chi connectivity index (χ0v) is 13.8. The second-order valence-electron chi connectivity index (χ2n) is 4.55. The Morgan fingerprint density at radius 3 is 2.60 bits per heavy atom. The van der Waals surface area contributed by atoms with E-state index in [1.165, 1.54) is 4.90 Å². The summed E-state index contributed by atoms with van der Waals surface area (Å²) in [5.41, 5.74) is 0. The van der Waals surface area contributed by atoms with E-state index < -0.39 is 6.09 Å². The first-order valence-electron chi connectivity index (χ1n) is 6.25. The number of ether oxygens (including phenoxy) is 1. The summed E-state index contributed by atoms with van der Waals surface area (Å²) < 4.78 is 5.48. The fraction of sp³-hybridized carbons (Fsp3) is 0.267. The highest BCUT2D eigenvalue weighted by Crippen LogP contribution is 2.26. The standard InChI is InChI=1S/C15H16BrNO2S/c1-10(16)14(20)17(2)15(18)19-13-9-5-7-11-6-3-4-8-12(11)13/h3-10,14,20H,1-2H3. The van der Waals surface area contributed by atoms with Crippen molar-refractivity contribution in [2.75, 3.05) is 7.05 Å². The van der Waals surface area contributed by atoms with E-state index in [-0.39, 0.29) is 10.2 Å². The van der Waals surface area contributed by atoms with Crippen LogP contribution >= 0.6 is 28.6 Å². The topological polar surface area (TPSA) is 29.5 Å². The van der Waals surface area contributed by atoms with Crippen molar-refractivity contribution in [3.63, 3.8) is 0 Å². The Kier molecular flexibility index (Phi) is 4.94. The van der Waals surface area contributed by atoms with Gasteiger partial charge in [-0.25, -0.2) is 4.79 Å². The van der Waals surface area contributed by atoms with Gasteiger partial charge in [0.15, 0.2) is 0 Å². The first-order valence-corrected chi connectivity index (χ1v) is 7.68. The van der Waals surface area contributed by atoms with E-state index in [0.717, 1.165) is 10.8 Å². The van der Waals surface area contributed by atoms with Gasteiger partial charge in [-0.05, 0) is 18.4 Å². The highest BCUT2D eigenvalue weighted by atomic mass is 79.9. The zero-order valence-electron chi connectivity index (χ0n) is 11.3. The molecule has 2 atom stereocenters. The van der Waals surface area contributed by atoms with Crippen LogP contribution in [-0.2, 0) is 0 Å². The molecule has 2 rings (SSSR count). The van der Waals surface area contributed by atoms with Crippen LogP contribution in [0, 0.1) is 0 Å². The van der Waals surface area contributed by atoms with Crippen molar-refractivity contribution in [3.8, 4) is 5.75 Å². The van der Waals surface area contributed by atoms with Gasteiger partial charge in [0, 0.05) is 17.3 Å². The van der Waals surface area contributed by atoms with Crippen molar-refractivity contribution in [2.45, 2.75) is 17.1 Å². The second-order valence-corrected chi connectivity index (χ2v) is 6.52.